The number of Topliss-reactive ketones (excluding diaryl/α,β-unsaturated/α-hetero) is 1. The van der Waals surface area contributed by atoms with Crippen molar-refractivity contribution in [3.05, 3.63) is 12.3 Å². The van der Waals surface area contributed by atoms with Gasteiger partial charge in [-0.1, -0.05) is 6.58 Å². The number of nitrogens with one attached hydrogen (secondary N) is 1. The molecule has 0 fully saturated rings. The summed E-state index contributed by atoms with van der Waals surface area (Å²) in [4.78, 5) is 33.7. The lowest BCUT2D eigenvalue weighted by molar-refractivity contribution is -0.115. The molecular weight excluding hydrogens is 228 g/mol. The molecule has 0 aromatic carbocycles. The van der Waals surface area contributed by atoms with E-state index in [1.807, 2.05) is 0 Å². The number of rotatable bonds is 4. The number of hydrazine groups is 1. The minimum absolute atomic E-state index is 0.102. The Kier molecular flexibility index (Phi) is 6.39. The summed E-state index contributed by atoms with van der Waals surface area (Å²) in [5.41, 5.74) is 1.85. The van der Waals surface area contributed by atoms with E-state index < -0.39 is 18.0 Å². The minimum atomic E-state index is -0.902. The SMILES string of the molecule is C=C(C(C)=O)N(NC(=O)OCC)C(=O)OCC. The van der Waals surface area contributed by atoms with Gasteiger partial charge in [-0.15, -0.1) is 0 Å². The van der Waals surface area contributed by atoms with Gasteiger partial charge in [-0.3, -0.25) is 4.79 Å². The van der Waals surface area contributed by atoms with Crippen LogP contribution in [0, 0.1) is 0 Å². The van der Waals surface area contributed by atoms with E-state index in [1.54, 1.807) is 13.8 Å². The third-order valence-electron chi connectivity index (χ3n) is 1.61. The zero-order chi connectivity index (χ0) is 13.4. The normalized spacial score (nSPS) is 9.12. The second-order valence-corrected chi connectivity index (χ2v) is 2.87. The van der Waals surface area contributed by atoms with Gasteiger partial charge in [0.2, 0.25) is 0 Å². The number of ketones is 1. The number of allylic oxidation sites excluding steroid dienone is 1. The van der Waals surface area contributed by atoms with Crippen molar-refractivity contribution in [1.82, 2.24) is 10.4 Å². The number of hydrogen-bond acceptors (Lipinski definition) is 5. The maximum Gasteiger partial charge on any atom is 0.433 e. The number of amides is 2. The van der Waals surface area contributed by atoms with Crippen LogP contribution in [0.3, 0.4) is 0 Å². The maximum absolute atomic E-state index is 11.4. The van der Waals surface area contributed by atoms with E-state index in [1.165, 1.54) is 6.92 Å². The van der Waals surface area contributed by atoms with Gasteiger partial charge >= 0.3 is 12.2 Å². The first-order valence-corrected chi connectivity index (χ1v) is 5.04. The largest absolute Gasteiger partial charge is 0.449 e. The van der Waals surface area contributed by atoms with E-state index in [0.717, 1.165) is 0 Å². The van der Waals surface area contributed by atoms with Gasteiger partial charge in [-0.25, -0.2) is 15.0 Å². The van der Waals surface area contributed by atoms with Crippen LogP contribution in [0.1, 0.15) is 20.8 Å². The smallest absolute Gasteiger partial charge is 0.433 e. The van der Waals surface area contributed by atoms with Gasteiger partial charge in [-0.05, 0) is 13.8 Å². The van der Waals surface area contributed by atoms with Crippen LogP contribution in [-0.4, -0.2) is 36.2 Å². The molecule has 0 saturated heterocycles. The van der Waals surface area contributed by atoms with Crippen LogP contribution in [0.5, 0.6) is 0 Å². The van der Waals surface area contributed by atoms with E-state index >= 15 is 0 Å². The second kappa shape index (κ2) is 7.26. The Labute approximate surface area is 99.3 Å². The molecule has 0 aromatic rings. The van der Waals surface area contributed by atoms with Crippen molar-refractivity contribution in [3.8, 4) is 0 Å². The number of nitrogens with zero attached hydrogens (tertiary/aromatic N) is 1. The molecule has 17 heavy (non-hydrogen) atoms. The van der Waals surface area contributed by atoms with Crippen LogP contribution in [0.2, 0.25) is 0 Å². The number of hydrogen-bond donors (Lipinski definition) is 1. The molecule has 0 aliphatic heterocycles. The van der Waals surface area contributed by atoms with E-state index in [4.69, 9.17) is 0 Å². The van der Waals surface area contributed by atoms with Crippen LogP contribution in [0.4, 0.5) is 9.59 Å². The molecule has 2 amide bonds. The first kappa shape index (κ1) is 14.9. The summed E-state index contributed by atoms with van der Waals surface area (Å²) in [5.74, 6) is -0.477. The fraction of sp³-hybridized carbons (Fsp3) is 0.500. The molecular formula is C10H16N2O5. The zero-order valence-electron chi connectivity index (χ0n) is 10.1. The summed E-state index contributed by atoms with van der Waals surface area (Å²) < 4.78 is 9.24. The lowest BCUT2D eigenvalue weighted by Crippen LogP contribution is -2.47. The molecule has 0 atom stereocenters. The molecule has 0 aliphatic carbocycles. The molecule has 0 unspecified atom stereocenters. The fourth-order valence-electron chi connectivity index (χ4n) is 0.823. The van der Waals surface area contributed by atoms with Crippen LogP contribution < -0.4 is 5.43 Å². The van der Waals surface area contributed by atoms with Crippen LogP contribution in [0.25, 0.3) is 0 Å². The summed E-state index contributed by atoms with van der Waals surface area (Å²) in [7, 11) is 0. The van der Waals surface area contributed by atoms with Crippen molar-refractivity contribution in [2.45, 2.75) is 20.8 Å². The van der Waals surface area contributed by atoms with E-state index in [0.29, 0.717) is 5.01 Å². The highest BCUT2D eigenvalue weighted by Crippen LogP contribution is 2.03. The highest BCUT2D eigenvalue weighted by Gasteiger charge is 2.23. The molecule has 96 valence electrons. The summed E-state index contributed by atoms with van der Waals surface area (Å²) in [6.07, 6.45) is -1.77. The van der Waals surface area contributed by atoms with E-state index in [2.05, 4.69) is 21.5 Å². The molecule has 0 aromatic heterocycles. The molecule has 0 heterocycles. The van der Waals surface area contributed by atoms with E-state index in [-0.39, 0.29) is 18.9 Å². The number of carbonyl (C=O) groups is 3. The standard InChI is InChI=1S/C10H16N2O5/c1-5-16-9(14)11-12(7(3)8(4)13)10(15)17-6-2/h3,5-6H2,1-2,4H3,(H,11,14). The molecule has 7 heteroatoms. The number of carbonyl (C=O) groups excluding carboxylic acids is 3. The first-order chi connectivity index (χ1) is 7.93. The van der Waals surface area contributed by atoms with Crippen molar-refractivity contribution < 1.29 is 23.9 Å². The summed E-state index contributed by atoms with van der Waals surface area (Å²) in [6.45, 7) is 8.02. The van der Waals surface area contributed by atoms with Crippen molar-refractivity contribution >= 4 is 18.0 Å². The fourth-order valence-corrected chi connectivity index (χ4v) is 0.823. The Balaban J connectivity index is 4.73. The quantitative estimate of drug-likeness (QED) is 0.593. The first-order valence-electron chi connectivity index (χ1n) is 5.04. The molecule has 0 saturated carbocycles. The predicted molar refractivity (Wildman–Crippen MR) is 58.8 cm³/mol. The van der Waals surface area contributed by atoms with Crippen LogP contribution >= 0.6 is 0 Å². The number of ether oxygens (including phenoxy) is 2. The van der Waals surface area contributed by atoms with E-state index in [9.17, 15) is 14.4 Å². The van der Waals surface area contributed by atoms with Gasteiger partial charge in [-0.2, -0.15) is 5.01 Å². The Morgan fingerprint density at radius 2 is 1.71 bits per heavy atom. The van der Waals surface area contributed by atoms with Gasteiger partial charge in [0.15, 0.2) is 5.78 Å². The average molecular weight is 244 g/mol. The highest BCUT2D eigenvalue weighted by atomic mass is 16.6. The lowest BCUT2D eigenvalue weighted by atomic mass is 10.3. The van der Waals surface area contributed by atoms with Gasteiger partial charge in [0, 0.05) is 6.92 Å². The van der Waals surface area contributed by atoms with Gasteiger partial charge < -0.3 is 9.47 Å². The summed E-state index contributed by atoms with van der Waals surface area (Å²) in [5, 5.41) is 0.615. The maximum atomic E-state index is 11.4. The second-order valence-electron chi connectivity index (χ2n) is 2.87. The van der Waals surface area contributed by atoms with Gasteiger partial charge in [0.25, 0.3) is 0 Å². The van der Waals surface area contributed by atoms with Crippen molar-refractivity contribution in [2.24, 2.45) is 0 Å². The molecule has 0 radical (unpaired) electrons. The average Bonchev–Trinajstić information content (AvgIpc) is 2.25. The Morgan fingerprint density at radius 3 is 2.12 bits per heavy atom. The third kappa shape index (κ3) is 5.01. The topological polar surface area (TPSA) is 84.9 Å². The Bertz CT molecular complexity index is 327. The van der Waals surface area contributed by atoms with Crippen molar-refractivity contribution in [2.75, 3.05) is 13.2 Å². The molecule has 0 spiro atoms. The van der Waals surface area contributed by atoms with Gasteiger partial charge in [0.05, 0.1) is 13.2 Å². The third-order valence-corrected chi connectivity index (χ3v) is 1.61. The zero-order valence-corrected chi connectivity index (χ0v) is 10.1. The molecule has 0 rings (SSSR count). The summed E-state index contributed by atoms with van der Waals surface area (Å²) in [6, 6.07) is 0. The predicted octanol–water partition coefficient (Wildman–Crippen LogP) is 1.21. The molecule has 0 bridgehead atoms. The Hall–Kier alpha value is -2.05. The lowest BCUT2D eigenvalue weighted by Gasteiger charge is -2.21. The molecule has 0 aliphatic rings. The van der Waals surface area contributed by atoms with Crippen LogP contribution in [0.15, 0.2) is 12.3 Å². The molecule has 1 N–H and O–H groups in total. The molecule has 7 nitrogen and oxygen atoms in total. The van der Waals surface area contributed by atoms with Crippen molar-refractivity contribution in [1.29, 1.82) is 0 Å². The van der Waals surface area contributed by atoms with Crippen LogP contribution in [-0.2, 0) is 14.3 Å². The summed E-state index contributed by atoms with van der Waals surface area (Å²) >= 11 is 0. The van der Waals surface area contributed by atoms with Gasteiger partial charge in [0.1, 0.15) is 5.70 Å². The Morgan fingerprint density at radius 1 is 1.18 bits per heavy atom. The monoisotopic (exact) mass is 244 g/mol. The highest BCUT2D eigenvalue weighted by molar-refractivity contribution is 5.96. The van der Waals surface area contributed by atoms with Crippen molar-refractivity contribution in [3.63, 3.8) is 0 Å². The minimum Gasteiger partial charge on any atom is -0.449 e.